The Kier molecular flexibility index (Phi) is 6.54. The second-order valence-electron chi connectivity index (χ2n) is 6.26. The van der Waals surface area contributed by atoms with Crippen molar-refractivity contribution in [2.24, 2.45) is 4.99 Å². The summed E-state index contributed by atoms with van der Waals surface area (Å²) in [5, 5.41) is 3.03. The summed E-state index contributed by atoms with van der Waals surface area (Å²) in [6.07, 6.45) is 0.752. The SMILES string of the molecule is COC(=O)CCCC(=O)C1=Nc2ccc(Cl)cc2CN(c2ccc(Cl)cc2)N1. The molecule has 0 radical (unpaired) electrons. The van der Waals surface area contributed by atoms with Gasteiger partial charge in [0.1, 0.15) is 0 Å². The number of ether oxygens (including phenoxy) is 1. The first-order chi connectivity index (χ1) is 13.5. The molecule has 0 saturated carbocycles. The van der Waals surface area contributed by atoms with Crippen molar-refractivity contribution >= 4 is 52.2 Å². The second kappa shape index (κ2) is 9.08. The highest BCUT2D eigenvalue weighted by Crippen LogP contribution is 2.29. The van der Waals surface area contributed by atoms with Crippen molar-refractivity contribution in [2.75, 3.05) is 12.1 Å². The minimum atomic E-state index is -0.341. The van der Waals surface area contributed by atoms with Crippen molar-refractivity contribution in [1.29, 1.82) is 0 Å². The Morgan fingerprint density at radius 3 is 2.54 bits per heavy atom. The van der Waals surface area contributed by atoms with Crippen LogP contribution >= 0.6 is 23.2 Å². The monoisotopic (exact) mass is 419 g/mol. The number of aliphatic imine (C=N–C) groups is 1. The van der Waals surface area contributed by atoms with Crippen LogP contribution < -0.4 is 10.4 Å². The zero-order chi connectivity index (χ0) is 20.1. The maximum absolute atomic E-state index is 12.7. The summed E-state index contributed by atoms with van der Waals surface area (Å²) >= 11 is 12.1. The molecule has 0 fully saturated rings. The zero-order valence-corrected chi connectivity index (χ0v) is 16.8. The molecule has 2 aromatic rings. The Labute approximate surface area is 173 Å². The Morgan fingerprint density at radius 2 is 1.82 bits per heavy atom. The molecular weight excluding hydrogens is 401 g/mol. The molecule has 1 heterocycles. The molecule has 1 aliphatic heterocycles. The number of carbonyl (C=O) groups is 2. The molecule has 0 unspecified atom stereocenters. The Bertz CT molecular complexity index is 913. The number of hydrogen-bond donors (Lipinski definition) is 1. The molecule has 0 spiro atoms. The minimum absolute atomic E-state index is 0.179. The molecule has 0 aromatic heterocycles. The van der Waals surface area contributed by atoms with Crippen molar-refractivity contribution in [3.63, 3.8) is 0 Å². The summed E-state index contributed by atoms with van der Waals surface area (Å²) in [7, 11) is 1.33. The molecular formula is C20H19Cl2N3O3. The van der Waals surface area contributed by atoms with Crippen molar-refractivity contribution in [3.05, 3.63) is 58.1 Å². The largest absolute Gasteiger partial charge is 0.469 e. The molecule has 1 N–H and O–H groups in total. The summed E-state index contributed by atoms with van der Waals surface area (Å²) in [6, 6.07) is 12.6. The van der Waals surface area contributed by atoms with Crippen LogP contribution in [0.25, 0.3) is 0 Å². The highest BCUT2D eigenvalue weighted by molar-refractivity contribution is 6.39. The van der Waals surface area contributed by atoms with Crippen LogP contribution in [0, 0.1) is 0 Å². The lowest BCUT2D eigenvalue weighted by atomic mass is 10.1. The fraction of sp³-hybridized carbons (Fsp3) is 0.250. The van der Waals surface area contributed by atoms with E-state index in [4.69, 9.17) is 23.2 Å². The van der Waals surface area contributed by atoms with Crippen LogP contribution in [0.4, 0.5) is 11.4 Å². The zero-order valence-electron chi connectivity index (χ0n) is 15.2. The summed E-state index contributed by atoms with van der Waals surface area (Å²) in [5.74, 6) is -0.321. The van der Waals surface area contributed by atoms with Gasteiger partial charge >= 0.3 is 5.97 Å². The smallest absolute Gasteiger partial charge is 0.305 e. The molecule has 0 bridgehead atoms. The number of benzene rings is 2. The van der Waals surface area contributed by atoms with Gasteiger partial charge in [-0.1, -0.05) is 23.2 Å². The highest BCUT2D eigenvalue weighted by atomic mass is 35.5. The number of nitrogens with zero attached hydrogens (tertiary/aromatic N) is 2. The molecule has 0 saturated heterocycles. The lowest BCUT2D eigenvalue weighted by molar-refractivity contribution is -0.140. The van der Waals surface area contributed by atoms with Crippen LogP contribution in [0.2, 0.25) is 10.0 Å². The number of hydrogen-bond acceptors (Lipinski definition) is 6. The Hall–Kier alpha value is -2.57. The van der Waals surface area contributed by atoms with E-state index in [1.807, 2.05) is 23.2 Å². The van der Waals surface area contributed by atoms with E-state index in [1.54, 1.807) is 24.3 Å². The highest BCUT2D eigenvalue weighted by Gasteiger charge is 2.21. The van der Waals surface area contributed by atoms with E-state index in [-0.39, 0.29) is 30.4 Å². The molecule has 146 valence electrons. The third-order valence-electron chi connectivity index (χ3n) is 4.26. The molecule has 0 aliphatic carbocycles. The molecule has 1 aliphatic rings. The normalized spacial score (nSPS) is 13.1. The van der Waals surface area contributed by atoms with Gasteiger partial charge in [0.15, 0.2) is 11.6 Å². The van der Waals surface area contributed by atoms with Crippen LogP contribution in [0.1, 0.15) is 24.8 Å². The number of methoxy groups -OCH3 is 1. The van der Waals surface area contributed by atoms with Crippen molar-refractivity contribution in [2.45, 2.75) is 25.8 Å². The van der Waals surface area contributed by atoms with Crippen LogP contribution in [-0.4, -0.2) is 24.7 Å². The van der Waals surface area contributed by atoms with E-state index in [0.29, 0.717) is 28.7 Å². The fourth-order valence-electron chi connectivity index (χ4n) is 2.79. The van der Waals surface area contributed by atoms with Gasteiger partial charge in [0.05, 0.1) is 25.0 Å². The summed E-state index contributed by atoms with van der Waals surface area (Å²) in [5.41, 5.74) is 5.48. The van der Waals surface area contributed by atoms with Crippen LogP contribution in [0.5, 0.6) is 0 Å². The average Bonchev–Trinajstić information content (AvgIpc) is 2.87. The Morgan fingerprint density at radius 1 is 1.11 bits per heavy atom. The molecule has 2 aromatic carbocycles. The standard InChI is InChI=1S/C20H19Cl2N3O3/c1-28-19(27)4-2-3-18(26)20-23-17-10-7-15(22)11-13(17)12-25(24-20)16-8-5-14(21)6-9-16/h5-11H,2-4,12H2,1H3,(H,23,24). The minimum Gasteiger partial charge on any atom is -0.469 e. The summed E-state index contributed by atoms with van der Waals surface area (Å²) in [4.78, 5) is 28.5. The summed E-state index contributed by atoms with van der Waals surface area (Å²) < 4.78 is 4.61. The van der Waals surface area contributed by atoms with Crippen molar-refractivity contribution in [3.8, 4) is 0 Å². The van der Waals surface area contributed by atoms with Gasteiger partial charge in [-0.3, -0.25) is 20.0 Å². The van der Waals surface area contributed by atoms with Gasteiger partial charge < -0.3 is 4.74 Å². The number of carbonyl (C=O) groups excluding carboxylic acids is 2. The molecule has 8 heteroatoms. The van der Waals surface area contributed by atoms with Crippen molar-refractivity contribution < 1.29 is 14.3 Å². The van der Waals surface area contributed by atoms with E-state index in [2.05, 4.69) is 15.2 Å². The topological polar surface area (TPSA) is 71.0 Å². The van der Waals surface area contributed by atoms with E-state index in [9.17, 15) is 9.59 Å². The predicted octanol–water partition coefficient (Wildman–Crippen LogP) is 4.46. The second-order valence-corrected chi connectivity index (χ2v) is 7.13. The van der Waals surface area contributed by atoms with Gasteiger partial charge in [-0.25, -0.2) is 4.99 Å². The number of esters is 1. The first-order valence-corrected chi connectivity index (χ1v) is 9.49. The van der Waals surface area contributed by atoms with Gasteiger partial charge in [-0.2, -0.15) is 0 Å². The number of Topliss-reactive ketones (excluding diaryl/α,β-unsaturated/α-hetero) is 1. The number of halogens is 2. The van der Waals surface area contributed by atoms with E-state index < -0.39 is 0 Å². The van der Waals surface area contributed by atoms with E-state index in [0.717, 1.165) is 11.3 Å². The molecule has 6 nitrogen and oxygen atoms in total. The molecule has 28 heavy (non-hydrogen) atoms. The maximum atomic E-state index is 12.7. The first kappa shape index (κ1) is 20.2. The molecule has 3 rings (SSSR count). The summed E-state index contributed by atoms with van der Waals surface area (Å²) in [6.45, 7) is 0.458. The number of hydrazine groups is 1. The molecule has 0 atom stereocenters. The third kappa shape index (κ3) is 5.03. The van der Waals surface area contributed by atoms with Gasteiger partial charge in [0.25, 0.3) is 0 Å². The van der Waals surface area contributed by atoms with Gasteiger partial charge in [-0.05, 0) is 48.9 Å². The van der Waals surface area contributed by atoms with Crippen LogP contribution in [-0.2, 0) is 20.9 Å². The van der Waals surface area contributed by atoms with Gasteiger partial charge in [0, 0.05) is 28.5 Å². The maximum Gasteiger partial charge on any atom is 0.305 e. The quantitative estimate of drug-likeness (QED) is 0.699. The number of ketones is 1. The number of nitrogens with one attached hydrogen (secondary N) is 1. The number of anilines is 1. The number of rotatable bonds is 6. The van der Waals surface area contributed by atoms with Crippen LogP contribution in [0.3, 0.4) is 0 Å². The Balaban J connectivity index is 1.86. The first-order valence-electron chi connectivity index (χ1n) is 8.73. The fourth-order valence-corrected chi connectivity index (χ4v) is 3.11. The van der Waals surface area contributed by atoms with Crippen molar-refractivity contribution in [1.82, 2.24) is 5.43 Å². The number of amidine groups is 1. The van der Waals surface area contributed by atoms with Gasteiger partial charge in [0.2, 0.25) is 0 Å². The lowest BCUT2D eigenvalue weighted by Crippen LogP contribution is -2.44. The lowest BCUT2D eigenvalue weighted by Gasteiger charge is -2.25. The third-order valence-corrected chi connectivity index (χ3v) is 4.75. The predicted molar refractivity (Wildman–Crippen MR) is 110 cm³/mol. The average molecular weight is 420 g/mol. The van der Waals surface area contributed by atoms with Gasteiger partial charge in [-0.15, -0.1) is 0 Å². The van der Waals surface area contributed by atoms with E-state index in [1.165, 1.54) is 7.11 Å². The van der Waals surface area contributed by atoms with E-state index >= 15 is 0 Å². The van der Waals surface area contributed by atoms with Crippen LogP contribution in [0.15, 0.2) is 47.5 Å². The number of fused-ring (bicyclic) bond motifs is 1. The molecule has 0 amide bonds.